The molecule has 0 aliphatic carbocycles. The molecule has 130 valence electrons. The van der Waals surface area contributed by atoms with Crippen LogP contribution in [0.3, 0.4) is 0 Å². The summed E-state index contributed by atoms with van der Waals surface area (Å²) in [5.74, 6) is 0.442. The summed E-state index contributed by atoms with van der Waals surface area (Å²) in [6, 6.07) is 5.24. The van der Waals surface area contributed by atoms with Crippen LogP contribution in [0.25, 0.3) is 0 Å². The van der Waals surface area contributed by atoms with Gasteiger partial charge in [-0.2, -0.15) is 0 Å². The monoisotopic (exact) mass is 349 g/mol. The SMILES string of the molecule is CCc1cnc(CNC(=NC)NCc2ccc(N(C)C)c(F)c2)s1. The number of anilines is 1. The fraction of sp³-hybridized carbons (Fsp3) is 0.412. The maximum Gasteiger partial charge on any atom is 0.191 e. The molecule has 7 heteroatoms. The van der Waals surface area contributed by atoms with Crippen molar-refractivity contribution in [3.8, 4) is 0 Å². The van der Waals surface area contributed by atoms with Crippen molar-refractivity contribution in [2.45, 2.75) is 26.4 Å². The minimum Gasteiger partial charge on any atom is -0.375 e. The van der Waals surface area contributed by atoms with Crippen molar-refractivity contribution in [2.75, 3.05) is 26.0 Å². The Morgan fingerprint density at radius 2 is 2.04 bits per heavy atom. The molecule has 1 aromatic heterocycles. The minimum absolute atomic E-state index is 0.225. The zero-order valence-electron chi connectivity index (χ0n) is 14.6. The topological polar surface area (TPSA) is 52.6 Å². The van der Waals surface area contributed by atoms with Crippen LogP contribution < -0.4 is 15.5 Å². The average Bonchev–Trinajstić information content (AvgIpc) is 3.03. The number of hydrogen-bond acceptors (Lipinski definition) is 4. The molecule has 0 saturated carbocycles. The fourth-order valence-electron chi connectivity index (χ4n) is 2.18. The smallest absolute Gasteiger partial charge is 0.191 e. The molecule has 0 fully saturated rings. The highest BCUT2D eigenvalue weighted by Crippen LogP contribution is 2.18. The molecule has 0 aliphatic heterocycles. The normalized spacial score (nSPS) is 11.5. The van der Waals surface area contributed by atoms with Gasteiger partial charge in [-0.15, -0.1) is 11.3 Å². The van der Waals surface area contributed by atoms with Crippen LogP contribution in [0.4, 0.5) is 10.1 Å². The van der Waals surface area contributed by atoms with Crippen LogP contribution in [-0.4, -0.2) is 32.1 Å². The summed E-state index contributed by atoms with van der Waals surface area (Å²) in [7, 11) is 5.36. The van der Waals surface area contributed by atoms with E-state index < -0.39 is 0 Å². The largest absolute Gasteiger partial charge is 0.375 e. The Labute approximate surface area is 146 Å². The Hall–Kier alpha value is -2.15. The van der Waals surface area contributed by atoms with Crippen LogP contribution in [0.5, 0.6) is 0 Å². The lowest BCUT2D eigenvalue weighted by Gasteiger charge is -2.15. The van der Waals surface area contributed by atoms with Gasteiger partial charge < -0.3 is 15.5 Å². The number of aliphatic imine (C=N–C) groups is 1. The predicted octanol–water partition coefficient (Wildman–Crippen LogP) is 2.78. The van der Waals surface area contributed by atoms with Gasteiger partial charge in [0.2, 0.25) is 0 Å². The zero-order chi connectivity index (χ0) is 17.5. The zero-order valence-corrected chi connectivity index (χ0v) is 15.4. The molecule has 2 aromatic rings. The van der Waals surface area contributed by atoms with E-state index in [1.807, 2.05) is 26.4 Å². The molecule has 5 nitrogen and oxygen atoms in total. The summed E-state index contributed by atoms with van der Waals surface area (Å²) < 4.78 is 14.0. The average molecular weight is 349 g/mol. The molecule has 2 N–H and O–H groups in total. The highest BCUT2D eigenvalue weighted by molar-refractivity contribution is 7.11. The van der Waals surface area contributed by atoms with E-state index in [4.69, 9.17) is 0 Å². The molecule has 0 atom stereocenters. The van der Waals surface area contributed by atoms with Crippen LogP contribution in [-0.2, 0) is 19.5 Å². The third kappa shape index (κ3) is 4.92. The van der Waals surface area contributed by atoms with E-state index in [1.165, 1.54) is 4.88 Å². The van der Waals surface area contributed by atoms with Gasteiger partial charge in [-0.1, -0.05) is 13.0 Å². The molecule has 1 aromatic carbocycles. The third-order valence-corrected chi connectivity index (χ3v) is 4.68. The molecule has 0 bridgehead atoms. The van der Waals surface area contributed by atoms with Crippen molar-refractivity contribution in [3.05, 3.63) is 45.7 Å². The van der Waals surface area contributed by atoms with Gasteiger partial charge in [0.15, 0.2) is 5.96 Å². The Morgan fingerprint density at radius 1 is 1.29 bits per heavy atom. The lowest BCUT2D eigenvalue weighted by atomic mass is 10.2. The van der Waals surface area contributed by atoms with E-state index in [-0.39, 0.29) is 5.82 Å². The van der Waals surface area contributed by atoms with Crippen LogP contribution in [0.2, 0.25) is 0 Å². The number of halogens is 1. The number of hydrogen-bond donors (Lipinski definition) is 2. The maximum atomic E-state index is 14.0. The molecule has 2 rings (SSSR count). The van der Waals surface area contributed by atoms with Crippen LogP contribution in [0, 0.1) is 5.82 Å². The van der Waals surface area contributed by atoms with Gasteiger partial charge in [0.1, 0.15) is 10.8 Å². The van der Waals surface area contributed by atoms with Gasteiger partial charge in [-0.3, -0.25) is 4.99 Å². The summed E-state index contributed by atoms with van der Waals surface area (Å²) in [6.07, 6.45) is 2.91. The Morgan fingerprint density at radius 3 is 2.62 bits per heavy atom. The molecular weight excluding hydrogens is 325 g/mol. The predicted molar refractivity (Wildman–Crippen MR) is 99.3 cm³/mol. The molecule has 0 saturated heterocycles. The Kier molecular flexibility index (Phi) is 6.54. The first-order chi connectivity index (χ1) is 11.5. The summed E-state index contributed by atoms with van der Waals surface area (Å²) >= 11 is 1.70. The number of nitrogens with one attached hydrogen (secondary N) is 2. The molecule has 0 amide bonds. The third-order valence-electron chi connectivity index (χ3n) is 3.53. The number of nitrogens with zero attached hydrogens (tertiary/aromatic N) is 3. The number of aromatic nitrogens is 1. The number of benzene rings is 1. The number of aryl methyl sites for hydroxylation is 1. The minimum atomic E-state index is -0.225. The van der Waals surface area contributed by atoms with Crippen LogP contribution >= 0.6 is 11.3 Å². The van der Waals surface area contributed by atoms with E-state index >= 15 is 0 Å². The van der Waals surface area contributed by atoms with E-state index in [0.29, 0.717) is 24.7 Å². The first kappa shape index (κ1) is 18.2. The molecular formula is C17H24FN5S. The van der Waals surface area contributed by atoms with Gasteiger partial charge in [0.25, 0.3) is 0 Å². The number of thiazole rings is 1. The Balaban J connectivity index is 1.88. The summed E-state index contributed by atoms with van der Waals surface area (Å²) in [5.41, 5.74) is 1.44. The van der Waals surface area contributed by atoms with Crippen molar-refractivity contribution >= 4 is 23.0 Å². The van der Waals surface area contributed by atoms with Gasteiger partial charge >= 0.3 is 0 Å². The van der Waals surface area contributed by atoms with Crippen molar-refractivity contribution in [3.63, 3.8) is 0 Å². The standard InChI is InChI=1S/C17H24FN5S/c1-5-13-10-20-16(24-13)11-22-17(19-2)21-9-12-6-7-15(23(3)4)14(18)8-12/h6-8,10H,5,9,11H2,1-4H3,(H2,19,21,22). The lowest BCUT2D eigenvalue weighted by molar-refractivity contribution is 0.623. The van der Waals surface area contributed by atoms with Crippen molar-refractivity contribution < 1.29 is 4.39 Å². The second-order valence-corrected chi connectivity index (χ2v) is 6.73. The van der Waals surface area contributed by atoms with Gasteiger partial charge in [-0.25, -0.2) is 9.37 Å². The molecule has 0 radical (unpaired) electrons. The quantitative estimate of drug-likeness (QED) is 0.622. The molecule has 24 heavy (non-hydrogen) atoms. The van der Waals surface area contributed by atoms with Crippen molar-refractivity contribution in [1.82, 2.24) is 15.6 Å². The van der Waals surface area contributed by atoms with Gasteiger partial charge in [0, 0.05) is 38.8 Å². The van der Waals surface area contributed by atoms with Crippen LogP contribution in [0.1, 0.15) is 22.4 Å². The van der Waals surface area contributed by atoms with Crippen molar-refractivity contribution in [2.24, 2.45) is 4.99 Å². The summed E-state index contributed by atoms with van der Waals surface area (Å²) in [6.45, 7) is 3.24. The van der Waals surface area contributed by atoms with Gasteiger partial charge in [0.05, 0.1) is 12.2 Å². The molecule has 0 aliphatic rings. The lowest BCUT2D eigenvalue weighted by Crippen LogP contribution is -2.36. The summed E-state index contributed by atoms with van der Waals surface area (Å²) in [4.78, 5) is 11.6. The number of guanidine groups is 1. The van der Waals surface area contributed by atoms with Gasteiger partial charge in [-0.05, 0) is 24.1 Å². The molecule has 0 unspecified atom stereocenters. The summed E-state index contributed by atoms with van der Waals surface area (Å²) in [5, 5.41) is 7.43. The first-order valence-corrected chi connectivity index (χ1v) is 8.69. The van der Waals surface area contributed by atoms with Crippen LogP contribution in [0.15, 0.2) is 29.4 Å². The van der Waals surface area contributed by atoms with E-state index in [1.54, 1.807) is 35.4 Å². The molecule has 1 heterocycles. The van der Waals surface area contributed by atoms with E-state index in [9.17, 15) is 4.39 Å². The van der Waals surface area contributed by atoms with E-state index in [2.05, 4.69) is 27.5 Å². The maximum absolute atomic E-state index is 14.0. The van der Waals surface area contributed by atoms with E-state index in [0.717, 1.165) is 17.0 Å². The first-order valence-electron chi connectivity index (χ1n) is 7.87. The fourth-order valence-corrected chi connectivity index (χ4v) is 2.98. The second-order valence-electron chi connectivity index (χ2n) is 5.53. The number of rotatable bonds is 6. The second kappa shape index (κ2) is 8.63. The Bertz CT molecular complexity index is 696. The highest BCUT2D eigenvalue weighted by atomic mass is 32.1. The highest BCUT2D eigenvalue weighted by Gasteiger charge is 2.06. The molecule has 0 spiro atoms. The van der Waals surface area contributed by atoms with Crippen molar-refractivity contribution in [1.29, 1.82) is 0 Å².